The summed E-state index contributed by atoms with van der Waals surface area (Å²) >= 11 is 0. The van der Waals surface area contributed by atoms with Crippen LogP contribution in [-0.2, 0) is 4.79 Å². The Labute approximate surface area is 116 Å². The van der Waals surface area contributed by atoms with Crippen LogP contribution in [-0.4, -0.2) is 36.5 Å². The minimum absolute atomic E-state index is 0.146. The van der Waals surface area contributed by atoms with Crippen LogP contribution in [0.5, 0.6) is 0 Å². The molecule has 0 radical (unpaired) electrons. The van der Waals surface area contributed by atoms with Crippen molar-refractivity contribution < 1.29 is 4.79 Å². The minimum atomic E-state index is -0.337. The lowest BCUT2D eigenvalue weighted by Gasteiger charge is -2.37. The molecule has 1 atom stereocenters. The number of carbonyl (C=O) groups is 1. The van der Waals surface area contributed by atoms with E-state index in [0.29, 0.717) is 11.3 Å². The summed E-state index contributed by atoms with van der Waals surface area (Å²) in [5.74, 6) is 1.07. The quantitative estimate of drug-likeness (QED) is 0.810. The van der Waals surface area contributed by atoms with Gasteiger partial charge in [-0.25, -0.2) is 0 Å². The van der Waals surface area contributed by atoms with Crippen molar-refractivity contribution in [2.75, 3.05) is 19.6 Å². The molecule has 2 aliphatic rings. The van der Waals surface area contributed by atoms with Gasteiger partial charge in [0.2, 0.25) is 5.91 Å². The van der Waals surface area contributed by atoms with Gasteiger partial charge in [-0.2, -0.15) is 0 Å². The standard InChI is InChI=1S/C15H29N3O/c1-11(2)13(17)14(19)18-8-7-15(10-18)5-3-12(9-16)4-6-15/h11-13H,3-10,16-17H2,1-2H3/t12?,13-,15?/m0/s1. The van der Waals surface area contributed by atoms with Crippen LogP contribution in [0.4, 0.5) is 0 Å². The Balaban J connectivity index is 1.91. The van der Waals surface area contributed by atoms with Gasteiger partial charge in [0.1, 0.15) is 0 Å². The molecule has 4 nitrogen and oxygen atoms in total. The molecule has 0 unspecified atom stereocenters. The highest BCUT2D eigenvalue weighted by Gasteiger charge is 2.42. The topological polar surface area (TPSA) is 72.4 Å². The number of carbonyl (C=O) groups excluding carboxylic acids is 1. The van der Waals surface area contributed by atoms with E-state index in [2.05, 4.69) is 0 Å². The lowest BCUT2D eigenvalue weighted by Crippen LogP contribution is -2.46. The Bertz CT molecular complexity index is 321. The van der Waals surface area contributed by atoms with Crippen LogP contribution in [0.15, 0.2) is 0 Å². The fraction of sp³-hybridized carbons (Fsp3) is 0.933. The van der Waals surface area contributed by atoms with Crippen LogP contribution in [0.1, 0.15) is 46.0 Å². The van der Waals surface area contributed by atoms with Crippen molar-refractivity contribution in [1.82, 2.24) is 4.90 Å². The maximum atomic E-state index is 12.3. The van der Waals surface area contributed by atoms with Crippen LogP contribution >= 0.6 is 0 Å². The van der Waals surface area contributed by atoms with E-state index in [0.717, 1.165) is 26.1 Å². The first-order valence-electron chi connectivity index (χ1n) is 7.72. The van der Waals surface area contributed by atoms with Crippen LogP contribution in [0.2, 0.25) is 0 Å². The van der Waals surface area contributed by atoms with Gasteiger partial charge in [0.25, 0.3) is 0 Å². The zero-order chi connectivity index (χ0) is 14.0. The van der Waals surface area contributed by atoms with E-state index in [1.807, 2.05) is 18.7 Å². The van der Waals surface area contributed by atoms with Crippen molar-refractivity contribution >= 4 is 5.91 Å². The predicted octanol–water partition coefficient (Wildman–Crippen LogP) is 1.34. The summed E-state index contributed by atoms with van der Waals surface area (Å²) in [6.07, 6.45) is 6.08. The highest BCUT2D eigenvalue weighted by Crippen LogP contribution is 2.45. The minimum Gasteiger partial charge on any atom is -0.341 e. The van der Waals surface area contributed by atoms with E-state index in [1.54, 1.807) is 0 Å². The molecule has 1 aliphatic carbocycles. The van der Waals surface area contributed by atoms with E-state index in [4.69, 9.17) is 11.5 Å². The molecule has 0 aromatic carbocycles. The van der Waals surface area contributed by atoms with Gasteiger partial charge >= 0.3 is 0 Å². The molecule has 0 bridgehead atoms. The van der Waals surface area contributed by atoms with Crippen LogP contribution in [0.25, 0.3) is 0 Å². The van der Waals surface area contributed by atoms with Gasteiger partial charge in [-0.1, -0.05) is 13.8 Å². The van der Waals surface area contributed by atoms with Gasteiger partial charge in [0.05, 0.1) is 6.04 Å². The van der Waals surface area contributed by atoms with Gasteiger partial charge in [-0.15, -0.1) is 0 Å². The Morgan fingerprint density at radius 1 is 1.32 bits per heavy atom. The molecular weight excluding hydrogens is 238 g/mol. The molecule has 1 spiro atoms. The third-order valence-corrected chi connectivity index (χ3v) is 5.25. The molecule has 1 saturated heterocycles. The van der Waals surface area contributed by atoms with E-state index in [9.17, 15) is 4.79 Å². The molecule has 1 heterocycles. The van der Waals surface area contributed by atoms with Gasteiger partial charge in [0.15, 0.2) is 0 Å². The second kappa shape index (κ2) is 5.80. The molecule has 0 aromatic heterocycles. The maximum absolute atomic E-state index is 12.3. The molecule has 1 saturated carbocycles. The normalized spacial score (nSPS) is 33.1. The first kappa shape index (κ1) is 14.8. The Morgan fingerprint density at radius 2 is 1.95 bits per heavy atom. The van der Waals surface area contributed by atoms with Gasteiger partial charge in [-0.3, -0.25) is 4.79 Å². The monoisotopic (exact) mass is 267 g/mol. The molecule has 19 heavy (non-hydrogen) atoms. The van der Waals surface area contributed by atoms with Crippen LogP contribution in [0, 0.1) is 17.3 Å². The number of nitrogens with zero attached hydrogens (tertiary/aromatic N) is 1. The Kier molecular flexibility index (Phi) is 4.51. The van der Waals surface area contributed by atoms with Crippen molar-refractivity contribution in [3.8, 4) is 0 Å². The molecular formula is C15H29N3O. The molecule has 110 valence electrons. The molecule has 1 aliphatic heterocycles. The van der Waals surface area contributed by atoms with Crippen LogP contribution < -0.4 is 11.5 Å². The second-order valence-corrected chi connectivity index (χ2v) is 6.96. The summed E-state index contributed by atoms with van der Waals surface area (Å²) in [4.78, 5) is 14.3. The van der Waals surface area contributed by atoms with Crippen molar-refractivity contribution in [2.24, 2.45) is 28.7 Å². The third-order valence-electron chi connectivity index (χ3n) is 5.25. The number of hydrogen-bond acceptors (Lipinski definition) is 3. The van der Waals surface area contributed by atoms with Crippen molar-refractivity contribution in [1.29, 1.82) is 0 Å². The third kappa shape index (κ3) is 3.11. The van der Waals surface area contributed by atoms with E-state index in [1.165, 1.54) is 25.7 Å². The van der Waals surface area contributed by atoms with E-state index >= 15 is 0 Å². The highest BCUT2D eigenvalue weighted by molar-refractivity contribution is 5.82. The van der Waals surface area contributed by atoms with Crippen molar-refractivity contribution in [2.45, 2.75) is 52.0 Å². The van der Waals surface area contributed by atoms with Crippen molar-refractivity contribution in [3.05, 3.63) is 0 Å². The molecule has 1 amide bonds. The summed E-state index contributed by atoms with van der Waals surface area (Å²) in [5.41, 5.74) is 12.1. The van der Waals surface area contributed by atoms with E-state index < -0.39 is 0 Å². The summed E-state index contributed by atoms with van der Waals surface area (Å²) in [7, 11) is 0. The van der Waals surface area contributed by atoms with Crippen LogP contribution in [0.3, 0.4) is 0 Å². The largest absolute Gasteiger partial charge is 0.341 e. The number of rotatable bonds is 3. The average molecular weight is 267 g/mol. The smallest absolute Gasteiger partial charge is 0.239 e. The first-order chi connectivity index (χ1) is 8.97. The van der Waals surface area contributed by atoms with Gasteiger partial charge < -0.3 is 16.4 Å². The second-order valence-electron chi connectivity index (χ2n) is 6.96. The summed E-state index contributed by atoms with van der Waals surface area (Å²) in [6, 6.07) is -0.337. The maximum Gasteiger partial charge on any atom is 0.239 e. The number of nitrogens with two attached hydrogens (primary N) is 2. The molecule has 4 heteroatoms. The predicted molar refractivity (Wildman–Crippen MR) is 77.5 cm³/mol. The SMILES string of the molecule is CC(C)[C@H](N)C(=O)N1CCC2(CCC(CN)CC2)C1. The number of likely N-dealkylation sites (tertiary alicyclic amines) is 1. The Hall–Kier alpha value is -0.610. The van der Waals surface area contributed by atoms with Gasteiger partial charge in [-0.05, 0) is 55.9 Å². The van der Waals surface area contributed by atoms with E-state index in [-0.39, 0.29) is 17.9 Å². The number of hydrogen-bond donors (Lipinski definition) is 2. The average Bonchev–Trinajstić information content (AvgIpc) is 2.82. The lowest BCUT2D eigenvalue weighted by molar-refractivity contribution is -0.133. The first-order valence-corrected chi connectivity index (χ1v) is 7.72. The molecule has 4 N–H and O–H groups in total. The number of amides is 1. The fourth-order valence-corrected chi connectivity index (χ4v) is 3.55. The lowest BCUT2D eigenvalue weighted by atomic mass is 9.70. The highest BCUT2D eigenvalue weighted by atomic mass is 16.2. The fourth-order valence-electron chi connectivity index (χ4n) is 3.55. The summed E-state index contributed by atoms with van der Waals surface area (Å²) < 4.78 is 0. The molecule has 2 rings (SSSR count). The zero-order valence-electron chi connectivity index (χ0n) is 12.4. The summed E-state index contributed by atoms with van der Waals surface area (Å²) in [6.45, 7) is 6.66. The summed E-state index contributed by atoms with van der Waals surface area (Å²) in [5, 5.41) is 0. The van der Waals surface area contributed by atoms with Gasteiger partial charge in [0, 0.05) is 13.1 Å². The molecule has 2 fully saturated rings. The van der Waals surface area contributed by atoms with Crippen molar-refractivity contribution in [3.63, 3.8) is 0 Å². The molecule has 0 aromatic rings. The zero-order valence-corrected chi connectivity index (χ0v) is 12.4. The Morgan fingerprint density at radius 3 is 2.47 bits per heavy atom.